The lowest BCUT2D eigenvalue weighted by molar-refractivity contribution is 1.04. The van der Waals surface area contributed by atoms with Crippen LogP contribution >= 0.6 is 28.1 Å². The lowest BCUT2D eigenvalue weighted by atomic mass is 10.1. The highest BCUT2D eigenvalue weighted by Gasteiger charge is 2.07. The van der Waals surface area contributed by atoms with Gasteiger partial charge in [0.2, 0.25) is 0 Å². The second kappa shape index (κ2) is 6.86. The van der Waals surface area contributed by atoms with E-state index in [4.69, 9.17) is 18.0 Å². The highest BCUT2D eigenvalue weighted by Crippen LogP contribution is 2.22. The second-order valence-corrected chi connectivity index (χ2v) is 5.89. The molecule has 2 aromatic rings. The maximum Gasteiger partial charge on any atom is 0.106 e. The van der Waals surface area contributed by atoms with Crippen molar-refractivity contribution in [2.45, 2.75) is 19.9 Å². The molecule has 0 aliphatic heterocycles. The summed E-state index contributed by atoms with van der Waals surface area (Å²) >= 11 is 8.55. The van der Waals surface area contributed by atoms with Crippen LogP contribution in [0.25, 0.3) is 0 Å². The Morgan fingerprint density at radius 1 is 1.20 bits per heavy atom. The first-order valence-electron chi connectivity index (χ1n) is 6.51. The van der Waals surface area contributed by atoms with Crippen LogP contribution < -0.4 is 11.1 Å². The topological polar surface area (TPSA) is 38.0 Å². The summed E-state index contributed by atoms with van der Waals surface area (Å²) < 4.78 is 0.972. The Hall–Kier alpha value is -1.39. The SMILES string of the molecule is CCc1ccccc1CNc1ccc(Br)cc1C(N)=S. The minimum absolute atomic E-state index is 0.401. The Kier molecular flexibility index (Phi) is 5.15. The van der Waals surface area contributed by atoms with Gasteiger partial charge in [-0.05, 0) is 35.7 Å². The fraction of sp³-hybridized carbons (Fsp3) is 0.188. The monoisotopic (exact) mass is 348 g/mol. The summed E-state index contributed by atoms with van der Waals surface area (Å²) in [5.74, 6) is 0. The number of aryl methyl sites for hydroxylation is 1. The third kappa shape index (κ3) is 3.58. The summed E-state index contributed by atoms with van der Waals surface area (Å²) in [5.41, 5.74) is 10.3. The Morgan fingerprint density at radius 3 is 2.55 bits per heavy atom. The molecule has 0 unspecified atom stereocenters. The number of thiocarbonyl (C=S) groups is 1. The van der Waals surface area contributed by atoms with Crippen molar-refractivity contribution in [3.05, 3.63) is 63.6 Å². The summed E-state index contributed by atoms with van der Waals surface area (Å²) in [6, 6.07) is 14.4. The molecule has 0 aliphatic carbocycles. The molecule has 0 radical (unpaired) electrons. The van der Waals surface area contributed by atoms with Gasteiger partial charge in [-0.3, -0.25) is 0 Å². The van der Waals surface area contributed by atoms with Crippen molar-refractivity contribution in [2.75, 3.05) is 5.32 Å². The molecule has 0 saturated carbocycles. The number of hydrogen-bond donors (Lipinski definition) is 2. The second-order valence-electron chi connectivity index (χ2n) is 4.53. The van der Waals surface area contributed by atoms with E-state index in [1.807, 2.05) is 18.2 Å². The molecular formula is C16H17BrN2S. The average molecular weight is 349 g/mol. The fourth-order valence-corrected chi connectivity index (χ4v) is 2.67. The molecule has 0 aromatic heterocycles. The van der Waals surface area contributed by atoms with E-state index in [9.17, 15) is 0 Å². The molecule has 0 amide bonds. The fourth-order valence-electron chi connectivity index (χ4n) is 2.14. The summed E-state index contributed by atoms with van der Waals surface area (Å²) in [6.45, 7) is 2.93. The van der Waals surface area contributed by atoms with Crippen molar-refractivity contribution in [3.8, 4) is 0 Å². The van der Waals surface area contributed by atoms with Gasteiger partial charge in [0.05, 0.1) is 0 Å². The van der Waals surface area contributed by atoms with E-state index in [0.717, 1.165) is 28.7 Å². The van der Waals surface area contributed by atoms with Crippen LogP contribution in [-0.4, -0.2) is 4.99 Å². The first kappa shape index (κ1) is 15.0. The normalized spacial score (nSPS) is 10.3. The average Bonchev–Trinajstić information content (AvgIpc) is 2.46. The number of nitrogens with one attached hydrogen (secondary N) is 1. The number of halogens is 1. The summed E-state index contributed by atoms with van der Waals surface area (Å²) in [7, 11) is 0. The Labute approximate surface area is 133 Å². The zero-order chi connectivity index (χ0) is 14.5. The molecule has 0 fully saturated rings. The van der Waals surface area contributed by atoms with Crippen LogP contribution in [0.15, 0.2) is 46.9 Å². The van der Waals surface area contributed by atoms with E-state index in [1.54, 1.807) is 0 Å². The van der Waals surface area contributed by atoms with Crippen LogP contribution in [0, 0.1) is 0 Å². The van der Waals surface area contributed by atoms with Crippen LogP contribution in [0.1, 0.15) is 23.6 Å². The molecule has 4 heteroatoms. The Balaban J connectivity index is 2.21. The number of nitrogens with two attached hydrogens (primary N) is 1. The summed E-state index contributed by atoms with van der Waals surface area (Å²) in [6.07, 6.45) is 1.03. The predicted octanol–water partition coefficient (Wildman–Crippen LogP) is 4.26. The van der Waals surface area contributed by atoms with E-state index >= 15 is 0 Å². The van der Waals surface area contributed by atoms with Gasteiger partial charge < -0.3 is 11.1 Å². The van der Waals surface area contributed by atoms with E-state index in [0.29, 0.717) is 4.99 Å². The van der Waals surface area contributed by atoms with E-state index in [1.165, 1.54) is 11.1 Å². The van der Waals surface area contributed by atoms with Crippen molar-refractivity contribution in [2.24, 2.45) is 5.73 Å². The molecule has 0 spiro atoms. The smallest absolute Gasteiger partial charge is 0.106 e. The van der Waals surface area contributed by atoms with Crippen LogP contribution in [0.3, 0.4) is 0 Å². The van der Waals surface area contributed by atoms with Gasteiger partial charge in [0, 0.05) is 22.3 Å². The van der Waals surface area contributed by atoms with Crippen LogP contribution in [0.4, 0.5) is 5.69 Å². The molecule has 2 nitrogen and oxygen atoms in total. The Bertz CT molecular complexity index is 626. The van der Waals surface area contributed by atoms with Gasteiger partial charge in [-0.1, -0.05) is 59.3 Å². The predicted molar refractivity (Wildman–Crippen MR) is 93.2 cm³/mol. The minimum atomic E-state index is 0.401. The van der Waals surface area contributed by atoms with Crippen molar-refractivity contribution in [1.29, 1.82) is 0 Å². The van der Waals surface area contributed by atoms with Gasteiger partial charge in [-0.25, -0.2) is 0 Å². The van der Waals surface area contributed by atoms with Gasteiger partial charge in [-0.2, -0.15) is 0 Å². The first-order valence-corrected chi connectivity index (χ1v) is 7.72. The van der Waals surface area contributed by atoms with Gasteiger partial charge in [-0.15, -0.1) is 0 Å². The highest BCUT2D eigenvalue weighted by atomic mass is 79.9. The maximum absolute atomic E-state index is 5.78. The van der Waals surface area contributed by atoms with Crippen LogP contribution in [-0.2, 0) is 13.0 Å². The highest BCUT2D eigenvalue weighted by molar-refractivity contribution is 9.10. The summed E-state index contributed by atoms with van der Waals surface area (Å²) in [5, 5.41) is 3.42. The third-order valence-corrected chi connectivity index (χ3v) is 3.93. The molecule has 3 N–H and O–H groups in total. The molecule has 0 aliphatic rings. The largest absolute Gasteiger partial charge is 0.389 e. The first-order chi connectivity index (χ1) is 9.61. The van der Waals surface area contributed by atoms with Crippen molar-refractivity contribution < 1.29 is 0 Å². The molecule has 2 rings (SSSR count). The van der Waals surface area contributed by atoms with Crippen molar-refractivity contribution in [3.63, 3.8) is 0 Å². The van der Waals surface area contributed by atoms with Gasteiger partial charge in [0.15, 0.2) is 0 Å². The molecule has 0 bridgehead atoms. The molecule has 0 atom stereocenters. The van der Waals surface area contributed by atoms with Crippen molar-refractivity contribution in [1.82, 2.24) is 0 Å². The molecule has 104 valence electrons. The molecule has 2 aromatic carbocycles. The standard InChI is InChI=1S/C16H17BrN2S/c1-2-11-5-3-4-6-12(11)10-19-15-8-7-13(17)9-14(15)16(18)20/h3-9,19H,2,10H2,1H3,(H2,18,20). The minimum Gasteiger partial charge on any atom is -0.389 e. The zero-order valence-corrected chi connectivity index (χ0v) is 13.7. The number of anilines is 1. The van der Waals surface area contributed by atoms with Crippen LogP contribution in [0.2, 0.25) is 0 Å². The molecule has 0 saturated heterocycles. The third-order valence-electron chi connectivity index (χ3n) is 3.22. The van der Waals surface area contributed by atoms with Gasteiger partial charge >= 0.3 is 0 Å². The maximum atomic E-state index is 5.78. The molecule has 20 heavy (non-hydrogen) atoms. The number of hydrogen-bond acceptors (Lipinski definition) is 2. The van der Waals surface area contributed by atoms with Crippen molar-refractivity contribution >= 4 is 38.8 Å². The summed E-state index contributed by atoms with van der Waals surface area (Å²) in [4.78, 5) is 0.401. The number of rotatable bonds is 5. The lowest BCUT2D eigenvalue weighted by Gasteiger charge is -2.13. The van der Waals surface area contributed by atoms with Gasteiger partial charge in [0.25, 0.3) is 0 Å². The van der Waals surface area contributed by atoms with Gasteiger partial charge in [0.1, 0.15) is 4.99 Å². The van der Waals surface area contributed by atoms with E-state index in [2.05, 4.69) is 52.4 Å². The number of benzene rings is 2. The quantitative estimate of drug-likeness (QED) is 0.793. The Morgan fingerprint density at radius 2 is 1.90 bits per heavy atom. The lowest BCUT2D eigenvalue weighted by Crippen LogP contribution is -2.13. The van der Waals surface area contributed by atoms with E-state index < -0.39 is 0 Å². The molecule has 0 heterocycles. The molecular weight excluding hydrogens is 332 g/mol. The zero-order valence-electron chi connectivity index (χ0n) is 11.3. The van der Waals surface area contributed by atoms with E-state index in [-0.39, 0.29) is 0 Å². The van der Waals surface area contributed by atoms with Crippen LogP contribution in [0.5, 0.6) is 0 Å².